The first-order valence-electron chi connectivity index (χ1n) is 6.91. The Balaban J connectivity index is 1.79. The van der Waals surface area contributed by atoms with Crippen LogP contribution in [0, 0.1) is 18.6 Å². The number of aliphatic hydroxyl groups excluding tert-OH is 1. The molecule has 6 nitrogen and oxygen atoms in total. The standard InChI is InChI=1S/C15H17F2N3O3/c1-9-5-14(19-20(9)2)15(22)18-7-10(21)8-23-11-3-4-12(16)13(17)6-11/h3-6,10,21H,7-8H2,1-2H3,(H,18,22). The predicted molar refractivity (Wildman–Crippen MR) is 78.1 cm³/mol. The third kappa shape index (κ3) is 4.49. The molecule has 0 bridgehead atoms. The van der Waals surface area contributed by atoms with Crippen molar-refractivity contribution in [2.75, 3.05) is 13.2 Å². The van der Waals surface area contributed by atoms with Crippen LogP contribution < -0.4 is 10.1 Å². The fraction of sp³-hybridized carbons (Fsp3) is 0.333. The molecule has 0 aliphatic rings. The summed E-state index contributed by atoms with van der Waals surface area (Å²) in [6.07, 6.45) is -1.00. The van der Waals surface area contributed by atoms with Gasteiger partial charge in [0.15, 0.2) is 11.6 Å². The van der Waals surface area contributed by atoms with Gasteiger partial charge in [0.25, 0.3) is 5.91 Å². The van der Waals surface area contributed by atoms with Crippen molar-refractivity contribution in [2.24, 2.45) is 7.05 Å². The summed E-state index contributed by atoms with van der Waals surface area (Å²) in [4.78, 5) is 11.8. The van der Waals surface area contributed by atoms with Gasteiger partial charge >= 0.3 is 0 Å². The molecule has 8 heteroatoms. The molecule has 124 valence electrons. The summed E-state index contributed by atoms with van der Waals surface area (Å²) in [5.41, 5.74) is 1.08. The zero-order valence-electron chi connectivity index (χ0n) is 12.7. The maximum Gasteiger partial charge on any atom is 0.271 e. The van der Waals surface area contributed by atoms with E-state index in [2.05, 4.69) is 10.4 Å². The van der Waals surface area contributed by atoms with Gasteiger partial charge in [-0.15, -0.1) is 0 Å². The van der Waals surface area contributed by atoms with Gasteiger partial charge in [0, 0.05) is 25.4 Å². The number of hydrogen-bond donors (Lipinski definition) is 2. The molecule has 2 rings (SSSR count). The van der Waals surface area contributed by atoms with Crippen molar-refractivity contribution in [3.05, 3.63) is 47.3 Å². The fourth-order valence-corrected chi connectivity index (χ4v) is 1.79. The highest BCUT2D eigenvalue weighted by molar-refractivity contribution is 5.92. The first-order valence-corrected chi connectivity index (χ1v) is 6.91. The molecule has 0 aliphatic carbocycles. The van der Waals surface area contributed by atoms with E-state index in [9.17, 15) is 18.7 Å². The Morgan fingerprint density at radius 2 is 2.13 bits per heavy atom. The molecule has 1 heterocycles. The largest absolute Gasteiger partial charge is 0.491 e. The van der Waals surface area contributed by atoms with Crippen molar-refractivity contribution < 1.29 is 23.4 Å². The number of carbonyl (C=O) groups is 1. The summed E-state index contributed by atoms with van der Waals surface area (Å²) in [6.45, 7) is 1.58. The second-order valence-corrected chi connectivity index (χ2v) is 5.05. The summed E-state index contributed by atoms with van der Waals surface area (Å²) in [5.74, 6) is -2.33. The number of hydrogen-bond acceptors (Lipinski definition) is 4. The Kier molecular flexibility index (Phi) is 5.28. The molecule has 0 spiro atoms. The number of carbonyl (C=O) groups excluding carboxylic acids is 1. The molecule has 1 unspecified atom stereocenters. The van der Waals surface area contributed by atoms with Gasteiger partial charge < -0.3 is 15.2 Å². The topological polar surface area (TPSA) is 76.4 Å². The van der Waals surface area contributed by atoms with Crippen molar-refractivity contribution >= 4 is 5.91 Å². The maximum atomic E-state index is 13.0. The molecule has 0 fully saturated rings. The zero-order chi connectivity index (χ0) is 17.0. The number of benzene rings is 1. The Morgan fingerprint density at radius 1 is 1.39 bits per heavy atom. The molecule has 1 atom stereocenters. The minimum absolute atomic E-state index is 0.0574. The number of halogens is 2. The summed E-state index contributed by atoms with van der Waals surface area (Å²) in [7, 11) is 1.72. The van der Waals surface area contributed by atoms with Crippen molar-refractivity contribution in [3.8, 4) is 5.75 Å². The summed E-state index contributed by atoms with van der Waals surface area (Å²) >= 11 is 0. The molecular weight excluding hydrogens is 308 g/mol. The fourth-order valence-electron chi connectivity index (χ4n) is 1.79. The van der Waals surface area contributed by atoms with Crippen LogP contribution in [0.15, 0.2) is 24.3 Å². The van der Waals surface area contributed by atoms with Gasteiger partial charge in [0.2, 0.25) is 0 Å². The smallest absolute Gasteiger partial charge is 0.271 e. The maximum absolute atomic E-state index is 13.0. The lowest BCUT2D eigenvalue weighted by Gasteiger charge is -2.13. The average molecular weight is 325 g/mol. The number of ether oxygens (including phenoxy) is 1. The van der Waals surface area contributed by atoms with Crippen LogP contribution in [0.2, 0.25) is 0 Å². The normalized spacial score (nSPS) is 12.0. The van der Waals surface area contributed by atoms with Gasteiger partial charge in [-0.25, -0.2) is 8.78 Å². The Bertz CT molecular complexity index is 684. The number of aliphatic hydroxyl groups is 1. The van der Waals surface area contributed by atoms with Crippen LogP contribution in [0.5, 0.6) is 5.75 Å². The number of rotatable bonds is 6. The lowest BCUT2D eigenvalue weighted by molar-refractivity contribution is 0.0838. The number of aromatic nitrogens is 2. The van der Waals surface area contributed by atoms with Crippen LogP contribution in [0.1, 0.15) is 16.2 Å². The highest BCUT2D eigenvalue weighted by Crippen LogP contribution is 2.15. The van der Waals surface area contributed by atoms with E-state index in [0.717, 1.165) is 17.8 Å². The summed E-state index contributed by atoms with van der Waals surface area (Å²) in [5, 5.41) is 16.3. The minimum atomic E-state index is -1.03. The van der Waals surface area contributed by atoms with Crippen molar-refractivity contribution in [1.29, 1.82) is 0 Å². The van der Waals surface area contributed by atoms with Crippen molar-refractivity contribution in [1.82, 2.24) is 15.1 Å². The third-order valence-electron chi connectivity index (χ3n) is 3.18. The average Bonchev–Trinajstić information content (AvgIpc) is 2.85. The van der Waals surface area contributed by atoms with Gasteiger partial charge in [-0.3, -0.25) is 9.48 Å². The molecule has 2 aromatic rings. The number of nitrogens with zero attached hydrogens (tertiary/aromatic N) is 2. The summed E-state index contributed by atoms with van der Waals surface area (Å²) < 4.78 is 32.5. The van der Waals surface area contributed by atoms with Crippen molar-refractivity contribution in [2.45, 2.75) is 13.0 Å². The lowest BCUT2D eigenvalue weighted by atomic mass is 10.3. The summed E-state index contributed by atoms with van der Waals surface area (Å²) in [6, 6.07) is 4.69. The number of aryl methyl sites for hydroxylation is 2. The van der Waals surface area contributed by atoms with Crippen LogP contribution in [-0.4, -0.2) is 40.0 Å². The van der Waals surface area contributed by atoms with E-state index in [1.807, 2.05) is 6.92 Å². The molecule has 1 aromatic carbocycles. The molecule has 0 saturated carbocycles. The van der Waals surface area contributed by atoms with E-state index in [-0.39, 0.29) is 24.6 Å². The number of nitrogens with one attached hydrogen (secondary N) is 1. The van der Waals surface area contributed by atoms with E-state index in [0.29, 0.717) is 0 Å². The second kappa shape index (κ2) is 7.19. The van der Waals surface area contributed by atoms with E-state index in [1.165, 1.54) is 6.07 Å². The molecular formula is C15H17F2N3O3. The molecule has 0 aliphatic heterocycles. The number of amides is 1. The third-order valence-corrected chi connectivity index (χ3v) is 3.18. The predicted octanol–water partition coefficient (Wildman–Crippen LogP) is 1.18. The molecule has 1 amide bonds. The second-order valence-electron chi connectivity index (χ2n) is 5.05. The monoisotopic (exact) mass is 325 g/mol. The van der Waals surface area contributed by atoms with E-state index < -0.39 is 23.6 Å². The molecule has 1 aromatic heterocycles. The minimum Gasteiger partial charge on any atom is -0.491 e. The lowest BCUT2D eigenvalue weighted by Crippen LogP contribution is -2.35. The van der Waals surface area contributed by atoms with Gasteiger partial charge in [-0.05, 0) is 25.1 Å². The van der Waals surface area contributed by atoms with Crippen molar-refractivity contribution in [3.63, 3.8) is 0 Å². The van der Waals surface area contributed by atoms with Gasteiger partial charge in [-0.1, -0.05) is 0 Å². The zero-order valence-corrected chi connectivity index (χ0v) is 12.7. The molecule has 23 heavy (non-hydrogen) atoms. The van der Waals surface area contributed by atoms with Crippen LogP contribution in [-0.2, 0) is 7.05 Å². The quantitative estimate of drug-likeness (QED) is 0.836. The van der Waals surface area contributed by atoms with Crippen LogP contribution in [0.25, 0.3) is 0 Å². The molecule has 0 radical (unpaired) electrons. The van der Waals surface area contributed by atoms with Crippen LogP contribution in [0.3, 0.4) is 0 Å². The first-order chi connectivity index (χ1) is 10.9. The van der Waals surface area contributed by atoms with E-state index >= 15 is 0 Å². The Hall–Kier alpha value is -2.48. The van der Waals surface area contributed by atoms with Gasteiger partial charge in [0.05, 0.1) is 0 Å². The Labute approximate surface area is 131 Å². The van der Waals surface area contributed by atoms with Crippen LogP contribution in [0.4, 0.5) is 8.78 Å². The highest BCUT2D eigenvalue weighted by atomic mass is 19.2. The van der Waals surface area contributed by atoms with Gasteiger partial charge in [0.1, 0.15) is 24.2 Å². The molecule has 0 saturated heterocycles. The SMILES string of the molecule is Cc1cc(C(=O)NCC(O)COc2ccc(F)c(F)c2)nn1C. The molecule has 2 N–H and O–H groups in total. The Morgan fingerprint density at radius 3 is 2.74 bits per heavy atom. The highest BCUT2D eigenvalue weighted by Gasteiger charge is 2.13. The van der Waals surface area contributed by atoms with Gasteiger partial charge in [-0.2, -0.15) is 5.10 Å². The van der Waals surface area contributed by atoms with E-state index in [4.69, 9.17) is 4.74 Å². The van der Waals surface area contributed by atoms with E-state index in [1.54, 1.807) is 17.8 Å². The first kappa shape index (κ1) is 16.9. The van der Waals surface area contributed by atoms with Crippen LogP contribution >= 0.6 is 0 Å².